The summed E-state index contributed by atoms with van der Waals surface area (Å²) in [5.41, 5.74) is -0.524. The van der Waals surface area contributed by atoms with Crippen molar-refractivity contribution in [2.45, 2.75) is 69.9 Å². The number of carbonyl (C=O) groups is 1. The maximum absolute atomic E-state index is 13.9. The normalized spacial score (nSPS) is 28.4. The van der Waals surface area contributed by atoms with E-state index in [2.05, 4.69) is 22.0 Å². The molecule has 1 aromatic heterocycles. The van der Waals surface area contributed by atoms with Crippen molar-refractivity contribution in [3.63, 3.8) is 0 Å². The van der Waals surface area contributed by atoms with E-state index < -0.39 is 34.8 Å². The summed E-state index contributed by atoms with van der Waals surface area (Å²) in [4.78, 5) is 30.6. The third-order valence-electron chi connectivity index (χ3n) is 7.44. The van der Waals surface area contributed by atoms with Crippen molar-refractivity contribution in [3.8, 4) is 5.75 Å². The zero-order chi connectivity index (χ0) is 23.7. The van der Waals surface area contributed by atoms with Crippen LogP contribution >= 0.6 is 0 Å². The van der Waals surface area contributed by atoms with Gasteiger partial charge >= 0.3 is 0 Å². The van der Waals surface area contributed by atoms with Gasteiger partial charge < -0.3 is 19.7 Å². The molecular weight excluding hydrogens is 446 g/mol. The first-order valence-electron chi connectivity index (χ1n) is 11.7. The number of halogens is 2. The number of fused-ring (bicyclic) bond motifs is 5. The highest BCUT2D eigenvalue weighted by atomic mass is 19.1. The monoisotopic (exact) mass is 472 g/mol. The number of aromatic hydroxyl groups is 1. The van der Waals surface area contributed by atoms with Crippen molar-refractivity contribution in [2.24, 2.45) is 0 Å². The van der Waals surface area contributed by atoms with E-state index in [0.717, 1.165) is 37.9 Å². The number of carbonyl (C=O) groups excluding carboxylic acids is 1. The molecule has 2 aromatic rings. The topological polar surface area (TPSA) is 90.3 Å². The van der Waals surface area contributed by atoms with Crippen molar-refractivity contribution in [1.82, 2.24) is 19.7 Å². The molecule has 2 unspecified atom stereocenters. The highest BCUT2D eigenvalue weighted by molar-refractivity contribution is 5.94. The first-order valence-corrected chi connectivity index (χ1v) is 11.7. The Morgan fingerprint density at radius 1 is 1.26 bits per heavy atom. The Morgan fingerprint density at radius 2 is 2.06 bits per heavy atom. The van der Waals surface area contributed by atoms with E-state index in [-0.39, 0.29) is 30.1 Å². The summed E-state index contributed by atoms with van der Waals surface area (Å²) in [5, 5.41) is 13.3. The van der Waals surface area contributed by atoms with Crippen molar-refractivity contribution in [1.29, 1.82) is 0 Å². The van der Waals surface area contributed by atoms with Crippen LogP contribution in [0.3, 0.4) is 0 Å². The highest BCUT2D eigenvalue weighted by Gasteiger charge is 2.56. The predicted molar refractivity (Wildman–Crippen MR) is 117 cm³/mol. The molecular formula is C24H26F2N4O4. The number of pyridine rings is 1. The summed E-state index contributed by atoms with van der Waals surface area (Å²) in [6.07, 6.45) is 4.21. The molecule has 0 radical (unpaired) electrons. The molecule has 4 heterocycles. The number of rotatable bonds is 4. The number of nitrogens with one attached hydrogen (secondary N) is 1. The molecule has 34 heavy (non-hydrogen) atoms. The number of nitrogens with zero attached hydrogens (tertiary/aromatic N) is 3. The van der Waals surface area contributed by atoms with Crippen molar-refractivity contribution in [3.05, 3.63) is 63.1 Å². The average molecular weight is 472 g/mol. The van der Waals surface area contributed by atoms with Crippen LogP contribution in [0.25, 0.3) is 0 Å². The Bertz CT molecular complexity index is 1230. The maximum atomic E-state index is 13.9. The largest absolute Gasteiger partial charge is 0.503 e. The summed E-state index contributed by atoms with van der Waals surface area (Å²) in [6, 6.07) is 3.90. The van der Waals surface area contributed by atoms with Crippen LogP contribution in [0.1, 0.15) is 53.9 Å². The van der Waals surface area contributed by atoms with Crippen LogP contribution in [0.2, 0.25) is 0 Å². The first-order chi connectivity index (χ1) is 16.3. The molecule has 4 atom stereocenters. The van der Waals surface area contributed by atoms with Gasteiger partial charge in [-0.05, 0) is 32.3 Å². The van der Waals surface area contributed by atoms with E-state index in [1.807, 2.05) is 0 Å². The van der Waals surface area contributed by atoms with Gasteiger partial charge in [0.1, 0.15) is 29.5 Å². The number of epoxide rings is 1. The Balaban J connectivity index is 1.31. The molecule has 180 valence electrons. The highest BCUT2D eigenvalue weighted by Crippen LogP contribution is 2.50. The van der Waals surface area contributed by atoms with E-state index in [0.29, 0.717) is 24.3 Å². The summed E-state index contributed by atoms with van der Waals surface area (Å²) in [5.74, 6) is -2.72. The minimum absolute atomic E-state index is 0.0404. The molecule has 3 fully saturated rings. The standard InChI is InChI=1S/C24H26F2N4O4/c1-12-6-7-29(15-4-5-15)18-11-28-10-16(20(31)21(32)19(28)22-24(34-22)30(12)18)23(33)27-9-13-2-3-14(25)8-17(13)26/h2-3,8,10,12,15,18,22,24,32H,4-7,9,11H2,1H3,(H,27,33)/t12-,18-,22?,24?/m0/s1. The van der Waals surface area contributed by atoms with Crippen LogP contribution < -0.4 is 10.7 Å². The number of ether oxygens (including phenoxy) is 1. The van der Waals surface area contributed by atoms with Gasteiger partial charge in [0.2, 0.25) is 5.43 Å². The fourth-order valence-electron chi connectivity index (χ4n) is 5.47. The lowest BCUT2D eigenvalue weighted by molar-refractivity contribution is -0.0659. The van der Waals surface area contributed by atoms with Gasteiger partial charge in [-0.25, -0.2) is 8.78 Å². The van der Waals surface area contributed by atoms with Gasteiger partial charge in [-0.15, -0.1) is 0 Å². The minimum Gasteiger partial charge on any atom is -0.503 e. The fraction of sp³-hybridized carbons (Fsp3) is 0.500. The van der Waals surface area contributed by atoms with Crippen LogP contribution in [0.4, 0.5) is 8.78 Å². The van der Waals surface area contributed by atoms with Gasteiger partial charge in [0.05, 0.1) is 18.4 Å². The second-order valence-corrected chi connectivity index (χ2v) is 9.66. The minimum atomic E-state index is -0.787. The number of aromatic nitrogens is 1. The van der Waals surface area contributed by atoms with Gasteiger partial charge in [0.25, 0.3) is 5.91 Å². The first kappa shape index (κ1) is 21.7. The van der Waals surface area contributed by atoms with Crippen LogP contribution in [0.5, 0.6) is 5.75 Å². The molecule has 2 saturated heterocycles. The summed E-state index contributed by atoms with van der Waals surface area (Å²) < 4.78 is 34.8. The van der Waals surface area contributed by atoms with Crippen LogP contribution in [-0.4, -0.2) is 56.4 Å². The van der Waals surface area contributed by atoms with E-state index in [1.165, 1.54) is 12.3 Å². The van der Waals surface area contributed by atoms with Crippen LogP contribution in [-0.2, 0) is 17.8 Å². The smallest absolute Gasteiger partial charge is 0.257 e. The Morgan fingerprint density at radius 3 is 2.79 bits per heavy atom. The molecule has 1 aliphatic carbocycles. The molecule has 2 N–H and O–H groups in total. The third kappa shape index (κ3) is 3.52. The second kappa shape index (κ2) is 7.86. The van der Waals surface area contributed by atoms with Gasteiger partial charge in [-0.2, -0.15) is 0 Å². The molecule has 1 amide bonds. The second-order valence-electron chi connectivity index (χ2n) is 9.66. The lowest BCUT2D eigenvalue weighted by Crippen LogP contribution is -2.60. The summed E-state index contributed by atoms with van der Waals surface area (Å²) in [7, 11) is 0. The van der Waals surface area contributed by atoms with Gasteiger partial charge in [-0.3, -0.25) is 19.4 Å². The van der Waals surface area contributed by atoms with Gasteiger partial charge in [0, 0.05) is 43.0 Å². The third-order valence-corrected chi connectivity index (χ3v) is 7.44. The van der Waals surface area contributed by atoms with Crippen molar-refractivity contribution >= 4 is 5.91 Å². The van der Waals surface area contributed by atoms with Gasteiger partial charge in [-0.1, -0.05) is 6.07 Å². The molecule has 0 spiro atoms. The Hall–Kier alpha value is -2.82. The molecule has 8 nitrogen and oxygen atoms in total. The number of hydrogen-bond donors (Lipinski definition) is 2. The molecule has 1 saturated carbocycles. The Kier molecular flexibility index (Phi) is 5.02. The molecule has 4 aliphatic rings. The SMILES string of the molecule is C[C@H]1CCN(C2CC2)[C@@H]2Cn3cc(C(=O)NCc4ccc(F)cc4F)c(=O)c(O)c3C3OC3N12. The lowest BCUT2D eigenvalue weighted by Gasteiger charge is -2.47. The average Bonchev–Trinajstić information content (AvgIpc) is 3.69. The van der Waals surface area contributed by atoms with Crippen molar-refractivity contribution in [2.75, 3.05) is 6.54 Å². The van der Waals surface area contributed by atoms with E-state index >= 15 is 0 Å². The van der Waals surface area contributed by atoms with Crippen LogP contribution in [0.15, 0.2) is 29.2 Å². The predicted octanol–water partition coefficient (Wildman–Crippen LogP) is 2.06. The van der Waals surface area contributed by atoms with E-state index in [4.69, 9.17) is 4.74 Å². The number of amides is 1. The quantitative estimate of drug-likeness (QED) is 0.663. The van der Waals surface area contributed by atoms with E-state index in [1.54, 1.807) is 4.57 Å². The van der Waals surface area contributed by atoms with Crippen molar-refractivity contribution < 1.29 is 23.4 Å². The maximum Gasteiger partial charge on any atom is 0.257 e. The number of hydrogen-bond acceptors (Lipinski definition) is 6. The zero-order valence-corrected chi connectivity index (χ0v) is 18.7. The molecule has 6 rings (SSSR count). The number of benzene rings is 1. The molecule has 1 aromatic carbocycles. The summed E-state index contributed by atoms with van der Waals surface area (Å²) >= 11 is 0. The fourth-order valence-corrected chi connectivity index (χ4v) is 5.47. The molecule has 3 aliphatic heterocycles. The zero-order valence-electron chi connectivity index (χ0n) is 18.7. The molecule has 0 bridgehead atoms. The van der Waals surface area contributed by atoms with Gasteiger partial charge in [0.15, 0.2) is 5.75 Å². The lowest BCUT2D eigenvalue weighted by atomic mass is 10.1. The van der Waals surface area contributed by atoms with E-state index in [9.17, 15) is 23.5 Å². The molecule has 10 heteroatoms. The summed E-state index contributed by atoms with van der Waals surface area (Å²) in [6.45, 7) is 3.42. The van der Waals surface area contributed by atoms with Crippen LogP contribution in [0, 0.1) is 11.6 Å². The Labute approximate surface area is 194 Å².